The van der Waals surface area contributed by atoms with Gasteiger partial charge < -0.3 is 14.4 Å². The molecule has 0 saturated carbocycles. The number of rotatable bonds is 2. The number of amides is 2. The van der Waals surface area contributed by atoms with E-state index in [0.29, 0.717) is 12.7 Å². The summed E-state index contributed by atoms with van der Waals surface area (Å²) in [5.41, 5.74) is 1.20. The molecule has 0 spiro atoms. The highest BCUT2D eigenvalue weighted by atomic mass is 32.1. The van der Waals surface area contributed by atoms with E-state index < -0.39 is 0 Å². The Morgan fingerprint density at radius 2 is 2.18 bits per heavy atom. The highest BCUT2D eigenvalue weighted by molar-refractivity contribution is 7.14. The predicted molar refractivity (Wildman–Crippen MR) is 84.8 cm³/mol. The molecule has 1 N–H and O–H groups in total. The zero-order valence-corrected chi connectivity index (χ0v) is 12.8. The number of fused-ring (bicyclic) bond motifs is 1. The molecule has 3 heterocycles. The third-order valence-corrected chi connectivity index (χ3v) is 4.88. The zero-order chi connectivity index (χ0) is 14.9. The molecule has 5 nitrogen and oxygen atoms in total. The Bertz CT molecular complexity index is 687. The van der Waals surface area contributed by atoms with Gasteiger partial charge in [0.2, 0.25) is 6.79 Å². The molecule has 0 bridgehead atoms. The van der Waals surface area contributed by atoms with Crippen molar-refractivity contribution in [2.75, 3.05) is 25.2 Å². The molecule has 2 aromatic rings. The number of urea groups is 1. The summed E-state index contributed by atoms with van der Waals surface area (Å²) in [7, 11) is 0. The number of carbonyl (C=O) groups excluding carboxylic acids is 1. The molecule has 0 aliphatic carbocycles. The van der Waals surface area contributed by atoms with Crippen LogP contribution in [0.15, 0.2) is 35.7 Å². The molecule has 1 saturated heterocycles. The molecule has 1 aromatic heterocycles. The number of hydrogen-bond acceptors (Lipinski definition) is 4. The van der Waals surface area contributed by atoms with E-state index in [2.05, 4.69) is 11.4 Å². The van der Waals surface area contributed by atoms with Crippen LogP contribution in [0.3, 0.4) is 0 Å². The number of thiophene rings is 1. The first-order valence-electron chi connectivity index (χ1n) is 7.28. The van der Waals surface area contributed by atoms with E-state index in [-0.39, 0.29) is 6.03 Å². The van der Waals surface area contributed by atoms with Gasteiger partial charge in [-0.25, -0.2) is 4.79 Å². The minimum absolute atomic E-state index is 0.0225. The van der Waals surface area contributed by atoms with Crippen LogP contribution in [0.4, 0.5) is 9.80 Å². The first-order valence-corrected chi connectivity index (χ1v) is 8.16. The highest BCUT2D eigenvalue weighted by Crippen LogP contribution is 2.37. The summed E-state index contributed by atoms with van der Waals surface area (Å²) in [4.78, 5) is 14.1. The van der Waals surface area contributed by atoms with E-state index in [1.807, 2.05) is 34.5 Å². The van der Waals surface area contributed by atoms with Crippen molar-refractivity contribution >= 4 is 22.4 Å². The normalized spacial score (nSPS) is 19.5. The predicted octanol–water partition coefficient (Wildman–Crippen LogP) is 3.50. The Kier molecular flexibility index (Phi) is 3.38. The van der Waals surface area contributed by atoms with Crippen LogP contribution in [0.5, 0.6) is 11.5 Å². The van der Waals surface area contributed by atoms with E-state index in [1.54, 1.807) is 0 Å². The second-order valence-electron chi connectivity index (χ2n) is 5.45. The van der Waals surface area contributed by atoms with Crippen molar-refractivity contribution in [1.29, 1.82) is 0 Å². The van der Waals surface area contributed by atoms with Crippen LogP contribution in [0.25, 0.3) is 0 Å². The maximum atomic E-state index is 12.3. The lowest BCUT2D eigenvalue weighted by molar-refractivity contribution is 0.174. The van der Waals surface area contributed by atoms with Crippen molar-refractivity contribution in [1.82, 2.24) is 4.90 Å². The molecular weight excluding hydrogens is 300 g/mol. The Labute approximate surface area is 132 Å². The molecule has 114 valence electrons. The highest BCUT2D eigenvalue weighted by Gasteiger charge is 2.28. The van der Waals surface area contributed by atoms with Crippen molar-refractivity contribution in [3.05, 3.63) is 41.3 Å². The van der Waals surface area contributed by atoms with Crippen LogP contribution in [-0.4, -0.2) is 30.8 Å². The van der Waals surface area contributed by atoms with E-state index in [4.69, 9.17) is 9.47 Å². The Balaban J connectivity index is 1.42. The van der Waals surface area contributed by atoms with Crippen molar-refractivity contribution in [3.63, 3.8) is 0 Å². The number of nitrogens with one attached hydrogen (secondary N) is 1. The molecule has 4 rings (SSSR count). The second-order valence-corrected chi connectivity index (χ2v) is 6.40. The number of ether oxygens (including phenoxy) is 2. The van der Waals surface area contributed by atoms with Gasteiger partial charge in [-0.1, -0.05) is 6.07 Å². The lowest BCUT2D eigenvalue weighted by atomic mass is 9.98. The fraction of sp³-hybridized carbons (Fsp3) is 0.312. The summed E-state index contributed by atoms with van der Waals surface area (Å²) >= 11 is 1.53. The number of likely N-dealkylation sites (tertiary alicyclic amines) is 1. The lowest BCUT2D eigenvalue weighted by Gasteiger charge is -2.17. The van der Waals surface area contributed by atoms with Crippen LogP contribution in [0.1, 0.15) is 17.9 Å². The van der Waals surface area contributed by atoms with E-state index in [1.165, 1.54) is 16.9 Å². The van der Waals surface area contributed by atoms with Crippen LogP contribution in [0.2, 0.25) is 0 Å². The summed E-state index contributed by atoms with van der Waals surface area (Å²) in [5.74, 6) is 1.96. The third kappa shape index (κ3) is 2.50. The molecule has 2 aliphatic heterocycles. The Morgan fingerprint density at radius 1 is 1.27 bits per heavy atom. The zero-order valence-electron chi connectivity index (χ0n) is 12.0. The van der Waals surface area contributed by atoms with Crippen molar-refractivity contribution in [2.24, 2.45) is 0 Å². The topological polar surface area (TPSA) is 50.8 Å². The van der Waals surface area contributed by atoms with Gasteiger partial charge in [0.05, 0.1) is 5.00 Å². The fourth-order valence-corrected chi connectivity index (χ4v) is 3.53. The number of benzene rings is 1. The third-order valence-electron chi connectivity index (χ3n) is 4.09. The van der Waals surface area contributed by atoms with E-state index >= 15 is 0 Å². The molecule has 2 aliphatic rings. The summed E-state index contributed by atoms with van der Waals surface area (Å²) in [6, 6.07) is 9.87. The quantitative estimate of drug-likeness (QED) is 0.922. The van der Waals surface area contributed by atoms with Gasteiger partial charge in [0.1, 0.15) is 0 Å². The SMILES string of the molecule is O=C(Nc1cccs1)N1CCC(c2ccc3c(c2)OCO3)C1. The van der Waals surface area contributed by atoms with Gasteiger partial charge in [0.15, 0.2) is 11.5 Å². The molecule has 6 heteroatoms. The first-order chi connectivity index (χ1) is 10.8. The standard InChI is InChI=1S/C16H16N2O3S/c19-16(17-15-2-1-7-22-15)18-6-5-12(9-18)11-3-4-13-14(8-11)21-10-20-13/h1-4,7-8,12H,5-6,9-10H2,(H,17,19). The molecule has 1 aromatic carbocycles. The molecule has 22 heavy (non-hydrogen) atoms. The van der Waals surface area contributed by atoms with Gasteiger partial charge in [-0.3, -0.25) is 5.32 Å². The van der Waals surface area contributed by atoms with Crippen LogP contribution in [-0.2, 0) is 0 Å². The summed E-state index contributed by atoms with van der Waals surface area (Å²) in [5, 5.41) is 5.78. The lowest BCUT2D eigenvalue weighted by Crippen LogP contribution is -2.32. The van der Waals surface area contributed by atoms with Crippen LogP contribution in [0, 0.1) is 0 Å². The van der Waals surface area contributed by atoms with Gasteiger partial charge in [-0.15, -0.1) is 11.3 Å². The molecule has 1 fully saturated rings. The molecule has 0 radical (unpaired) electrons. The average molecular weight is 316 g/mol. The minimum Gasteiger partial charge on any atom is -0.454 e. The molecular formula is C16H16N2O3S. The van der Waals surface area contributed by atoms with Gasteiger partial charge >= 0.3 is 6.03 Å². The van der Waals surface area contributed by atoms with Gasteiger partial charge in [0, 0.05) is 19.0 Å². The average Bonchev–Trinajstić information content (AvgIpc) is 3.27. The van der Waals surface area contributed by atoms with Crippen molar-refractivity contribution in [2.45, 2.75) is 12.3 Å². The van der Waals surface area contributed by atoms with E-state index in [0.717, 1.165) is 36.0 Å². The van der Waals surface area contributed by atoms with Crippen molar-refractivity contribution < 1.29 is 14.3 Å². The molecule has 2 amide bonds. The Morgan fingerprint density at radius 3 is 3.05 bits per heavy atom. The minimum atomic E-state index is -0.0225. The monoisotopic (exact) mass is 316 g/mol. The van der Waals surface area contributed by atoms with Crippen molar-refractivity contribution in [3.8, 4) is 11.5 Å². The number of carbonyl (C=O) groups is 1. The van der Waals surface area contributed by atoms with Gasteiger partial charge in [-0.2, -0.15) is 0 Å². The number of nitrogens with zero attached hydrogens (tertiary/aromatic N) is 1. The van der Waals surface area contributed by atoms with Gasteiger partial charge in [0.25, 0.3) is 0 Å². The summed E-state index contributed by atoms with van der Waals surface area (Å²) < 4.78 is 10.8. The smallest absolute Gasteiger partial charge is 0.322 e. The second kappa shape index (κ2) is 5.53. The Hall–Kier alpha value is -2.21. The molecule has 1 unspecified atom stereocenters. The van der Waals surface area contributed by atoms with Crippen LogP contribution >= 0.6 is 11.3 Å². The van der Waals surface area contributed by atoms with E-state index in [9.17, 15) is 4.79 Å². The number of anilines is 1. The summed E-state index contributed by atoms with van der Waals surface area (Å²) in [6.45, 7) is 1.80. The fourth-order valence-electron chi connectivity index (χ4n) is 2.92. The maximum Gasteiger partial charge on any atom is 0.322 e. The molecule has 1 atom stereocenters. The maximum absolute atomic E-state index is 12.3. The first kappa shape index (κ1) is 13.5. The largest absolute Gasteiger partial charge is 0.454 e. The number of hydrogen-bond donors (Lipinski definition) is 1. The van der Waals surface area contributed by atoms with Gasteiger partial charge in [-0.05, 0) is 41.6 Å². The summed E-state index contributed by atoms with van der Waals surface area (Å²) in [6.07, 6.45) is 0.970. The van der Waals surface area contributed by atoms with Crippen LogP contribution < -0.4 is 14.8 Å².